The van der Waals surface area contributed by atoms with Gasteiger partial charge in [0, 0.05) is 6.54 Å². The molecule has 1 heterocycles. The average Bonchev–Trinajstić information content (AvgIpc) is 2.45. The molecule has 1 aliphatic heterocycles. The van der Waals surface area contributed by atoms with Crippen LogP contribution in [0.2, 0.25) is 0 Å². The van der Waals surface area contributed by atoms with E-state index in [2.05, 4.69) is 10.0 Å². The molecule has 2 rings (SSSR count). The maximum absolute atomic E-state index is 12.9. The molecule has 132 valence electrons. The van der Waals surface area contributed by atoms with Crippen LogP contribution in [0.4, 0.5) is 13.2 Å². The first-order valence-electron chi connectivity index (χ1n) is 7.08. The van der Waals surface area contributed by atoms with Crippen LogP contribution >= 0.6 is 12.4 Å². The molecule has 0 saturated carbocycles. The first kappa shape index (κ1) is 20.2. The first-order valence-corrected chi connectivity index (χ1v) is 8.57. The van der Waals surface area contributed by atoms with E-state index in [1.54, 1.807) is 0 Å². The highest BCUT2D eigenvalue weighted by Gasteiger charge is 2.33. The molecule has 0 spiro atoms. The fourth-order valence-electron chi connectivity index (χ4n) is 2.48. The van der Waals surface area contributed by atoms with E-state index in [-0.39, 0.29) is 35.3 Å². The zero-order chi connectivity index (χ0) is 16.4. The number of benzene rings is 1. The van der Waals surface area contributed by atoms with E-state index in [9.17, 15) is 21.6 Å². The molecule has 1 unspecified atom stereocenters. The lowest BCUT2D eigenvalue weighted by Gasteiger charge is -2.23. The summed E-state index contributed by atoms with van der Waals surface area (Å²) in [7, 11) is -3.94. The number of rotatable bonds is 4. The van der Waals surface area contributed by atoms with Gasteiger partial charge in [-0.3, -0.25) is 0 Å². The van der Waals surface area contributed by atoms with Gasteiger partial charge in [0.1, 0.15) is 0 Å². The Kier molecular flexibility index (Phi) is 6.88. The highest BCUT2D eigenvalue weighted by atomic mass is 35.5. The van der Waals surface area contributed by atoms with Crippen molar-refractivity contribution in [1.29, 1.82) is 0 Å². The Balaban J connectivity index is 0.00000264. The van der Waals surface area contributed by atoms with Gasteiger partial charge in [-0.25, -0.2) is 13.1 Å². The summed E-state index contributed by atoms with van der Waals surface area (Å²) in [4.78, 5) is -0.353. The van der Waals surface area contributed by atoms with Crippen molar-refractivity contribution in [3.05, 3.63) is 29.3 Å². The second-order valence-corrected chi connectivity index (χ2v) is 7.31. The van der Waals surface area contributed by atoms with Crippen LogP contribution in [-0.4, -0.2) is 28.1 Å². The summed E-state index contributed by atoms with van der Waals surface area (Å²) in [6.07, 6.45) is -2.70. The predicted molar refractivity (Wildman–Crippen MR) is 84.2 cm³/mol. The van der Waals surface area contributed by atoms with Gasteiger partial charge in [-0.2, -0.15) is 13.2 Å². The molecule has 0 aliphatic carbocycles. The smallest absolute Gasteiger partial charge is 0.316 e. The number of nitrogens with one attached hydrogen (secondary N) is 2. The van der Waals surface area contributed by atoms with Crippen LogP contribution in [0, 0.1) is 12.8 Å². The van der Waals surface area contributed by atoms with Crippen LogP contribution in [0.25, 0.3) is 0 Å². The quantitative estimate of drug-likeness (QED) is 0.854. The van der Waals surface area contributed by atoms with E-state index in [0.29, 0.717) is 12.6 Å². The van der Waals surface area contributed by atoms with Crippen molar-refractivity contribution >= 4 is 22.4 Å². The minimum atomic E-state index is -4.57. The Morgan fingerprint density at radius 1 is 1.35 bits per heavy atom. The SMILES string of the molecule is Cc1ccc(S(=O)(=O)NCC2CCCNC2)cc1C(F)(F)F.Cl. The lowest BCUT2D eigenvalue weighted by atomic mass is 10.0. The molecule has 4 nitrogen and oxygen atoms in total. The van der Waals surface area contributed by atoms with Gasteiger partial charge in [0.05, 0.1) is 10.5 Å². The third kappa shape index (κ3) is 5.34. The molecule has 1 aromatic rings. The molecular formula is C14H20ClF3N2O2S. The van der Waals surface area contributed by atoms with Crippen molar-refractivity contribution in [2.75, 3.05) is 19.6 Å². The van der Waals surface area contributed by atoms with Crippen molar-refractivity contribution in [2.45, 2.75) is 30.8 Å². The zero-order valence-corrected chi connectivity index (χ0v) is 14.2. The Bertz CT molecular complexity index is 629. The molecule has 1 atom stereocenters. The van der Waals surface area contributed by atoms with E-state index < -0.39 is 21.8 Å². The molecule has 0 amide bonds. The van der Waals surface area contributed by atoms with Crippen molar-refractivity contribution in [2.24, 2.45) is 5.92 Å². The molecule has 0 radical (unpaired) electrons. The Morgan fingerprint density at radius 2 is 2.04 bits per heavy atom. The fourth-order valence-corrected chi connectivity index (χ4v) is 3.62. The normalized spacial score (nSPS) is 19.2. The standard InChI is InChI=1S/C14H19F3N2O2S.ClH/c1-10-4-5-12(7-13(10)14(15,16)17)22(20,21)19-9-11-3-2-6-18-8-11;/h4-5,7,11,18-19H,2-3,6,8-9H2,1H3;1H. The largest absolute Gasteiger partial charge is 0.416 e. The first-order chi connectivity index (χ1) is 10.2. The van der Waals surface area contributed by atoms with E-state index in [1.165, 1.54) is 19.1 Å². The Labute approximate surface area is 140 Å². The van der Waals surface area contributed by atoms with Crippen LogP contribution in [0.15, 0.2) is 23.1 Å². The summed E-state index contributed by atoms with van der Waals surface area (Å²) in [5.74, 6) is 0.163. The van der Waals surface area contributed by atoms with Crippen molar-refractivity contribution in [3.8, 4) is 0 Å². The van der Waals surface area contributed by atoms with Crippen LogP contribution < -0.4 is 10.0 Å². The van der Waals surface area contributed by atoms with E-state index >= 15 is 0 Å². The molecule has 1 saturated heterocycles. The molecule has 1 fully saturated rings. The lowest BCUT2D eigenvalue weighted by molar-refractivity contribution is -0.138. The summed E-state index contributed by atoms with van der Waals surface area (Å²) in [5, 5.41) is 3.16. The molecule has 23 heavy (non-hydrogen) atoms. The van der Waals surface area contributed by atoms with Crippen LogP contribution in [0.3, 0.4) is 0 Å². The number of hydrogen-bond acceptors (Lipinski definition) is 3. The number of sulfonamides is 1. The molecule has 0 aromatic heterocycles. The number of aryl methyl sites for hydroxylation is 1. The molecular weight excluding hydrogens is 353 g/mol. The number of halogens is 4. The second kappa shape index (κ2) is 7.83. The third-order valence-corrected chi connectivity index (χ3v) is 5.21. The highest BCUT2D eigenvalue weighted by molar-refractivity contribution is 7.89. The second-order valence-electron chi connectivity index (χ2n) is 5.54. The van der Waals surface area contributed by atoms with Crippen LogP contribution in [0.5, 0.6) is 0 Å². The summed E-state index contributed by atoms with van der Waals surface area (Å²) in [6, 6.07) is 3.07. The molecule has 2 N–H and O–H groups in total. The fraction of sp³-hybridized carbons (Fsp3) is 0.571. The van der Waals surface area contributed by atoms with Crippen molar-refractivity contribution in [1.82, 2.24) is 10.0 Å². The summed E-state index contributed by atoms with van der Waals surface area (Å²) >= 11 is 0. The molecule has 0 bridgehead atoms. The van der Waals surface area contributed by atoms with Gasteiger partial charge >= 0.3 is 6.18 Å². The number of alkyl halides is 3. The van der Waals surface area contributed by atoms with Crippen LogP contribution in [-0.2, 0) is 16.2 Å². The lowest BCUT2D eigenvalue weighted by Crippen LogP contribution is -2.38. The van der Waals surface area contributed by atoms with Gasteiger partial charge in [0.2, 0.25) is 10.0 Å². The van der Waals surface area contributed by atoms with Crippen molar-refractivity contribution in [3.63, 3.8) is 0 Å². The third-order valence-electron chi connectivity index (χ3n) is 3.79. The minimum absolute atomic E-state index is 0. The van der Waals surface area contributed by atoms with Gasteiger partial charge in [-0.05, 0) is 56.5 Å². The van der Waals surface area contributed by atoms with Gasteiger partial charge in [-0.15, -0.1) is 12.4 Å². The summed E-state index contributed by atoms with van der Waals surface area (Å²) in [5.41, 5.74) is -0.919. The van der Waals surface area contributed by atoms with E-state index in [4.69, 9.17) is 0 Å². The number of hydrogen-bond donors (Lipinski definition) is 2. The minimum Gasteiger partial charge on any atom is -0.316 e. The topological polar surface area (TPSA) is 58.2 Å². The average molecular weight is 373 g/mol. The highest BCUT2D eigenvalue weighted by Crippen LogP contribution is 2.33. The van der Waals surface area contributed by atoms with Gasteiger partial charge in [0.15, 0.2) is 0 Å². The monoisotopic (exact) mass is 372 g/mol. The summed E-state index contributed by atoms with van der Waals surface area (Å²) in [6.45, 7) is 3.16. The van der Waals surface area contributed by atoms with E-state index in [0.717, 1.165) is 19.4 Å². The number of piperidine rings is 1. The Hall–Kier alpha value is -0.830. The van der Waals surface area contributed by atoms with Crippen LogP contribution in [0.1, 0.15) is 24.0 Å². The Morgan fingerprint density at radius 3 is 2.61 bits per heavy atom. The molecule has 9 heteroatoms. The van der Waals surface area contributed by atoms with E-state index in [1.807, 2.05) is 0 Å². The molecule has 1 aliphatic rings. The van der Waals surface area contributed by atoms with Crippen molar-refractivity contribution < 1.29 is 21.6 Å². The zero-order valence-electron chi connectivity index (χ0n) is 12.6. The maximum Gasteiger partial charge on any atom is 0.416 e. The summed E-state index contributed by atoms with van der Waals surface area (Å²) < 4.78 is 65.4. The predicted octanol–water partition coefficient (Wildman–Crippen LogP) is 2.71. The van der Waals surface area contributed by atoms with Gasteiger partial charge in [0.25, 0.3) is 0 Å². The molecule has 1 aromatic carbocycles. The van der Waals surface area contributed by atoms with Gasteiger partial charge < -0.3 is 5.32 Å². The maximum atomic E-state index is 12.9. The van der Waals surface area contributed by atoms with Gasteiger partial charge in [-0.1, -0.05) is 6.07 Å².